The Morgan fingerprint density at radius 1 is 0.967 bits per heavy atom. The maximum atomic E-state index is 12.7. The average Bonchev–Trinajstić information content (AvgIpc) is 3.30. The molecule has 2 aliphatic rings. The lowest BCUT2D eigenvalue weighted by molar-refractivity contribution is -0.132. The molecule has 2 heterocycles. The van der Waals surface area contributed by atoms with Crippen molar-refractivity contribution in [3.63, 3.8) is 0 Å². The average molecular weight is 404 g/mol. The molecule has 0 aliphatic carbocycles. The molecule has 0 unspecified atom stereocenters. The Hall–Kier alpha value is -3.48. The molecular formula is C23H24N4O3. The molecule has 7 nitrogen and oxygen atoms in total. The lowest BCUT2D eigenvalue weighted by atomic mass is 10.1. The molecule has 1 fully saturated rings. The fraction of sp³-hybridized carbons (Fsp3) is 0.304. The first kappa shape index (κ1) is 19.8. The van der Waals surface area contributed by atoms with E-state index in [1.165, 1.54) is 5.01 Å². The van der Waals surface area contributed by atoms with Gasteiger partial charge >= 0.3 is 0 Å². The van der Waals surface area contributed by atoms with Crippen LogP contribution in [0.15, 0.2) is 59.7 Å². The van der Waals surface area contributed by atoms with Crippen LogP contribution in [0.2, 0.25) is 0 Å². The summed E-state index contributed by atoms with van der Waals surface area (Å²) in [6, 6.07) is 16.5. The molecule has 0 aromatic heterocycles. The minimum Gasteiger partial charge on any atom is -0.339 e. The Labute approximate surface area is 175 Å². The van der Waals surface area contributed by atoms with E-state index in [-0.39, 0.29) is 24.1 Å². The Morgan fingerprint density at radius 3 is 2.50 bits per heavy atom. The summed E-state index contributed by atoms with van der Waals surface area (Å²) in [5.74, 6) is -0.474. The first-order chi connectivity index (χ1) is 14.6. The van der Waals surface area contributed by atoms with Crippen LogP contribution in [0.25, 0.3) is 0 Å². The van der Waals surface area contributed by atoms with Gasteiger partial charge in [-0.2, -0.15) is 5.10 Å². The predicted octanol–water partition coefficient (Wildman–Crippen LogP) is 3.04. The molecule has 1 saturated heterocycles. The van der Waals surface area contributed by atoms with Crippen LogP contribution in [-0.4, -0.2) is 46.4 Å². The van der Waals surface area contributed by atoms with E-state index < -0.39 is 0 Å². The van der Waals surface area contributed by atoms with Gasteiger partial charge in [0.25, 0.3) is 11.8 Å². The molecule has 2 aromatic carbocycles. The summed E-state index contributed by atoms with van der Waals surface area (Å²) in [5.41, 5.74) is 2.35. The van der Waals surface area contributed by atoms with Gasteiger partial charge in [0.1, 0.15) is 5.71 Å². The van der Waals surface area contributed by atoms with Crippen LogP contribution in [0.3, 0.4) is 0 Å². The molecule has 4 rings (SSSR count). The maximum Gasteiger partial charge on any atom is 0.271 e. The molecule has 30 heavy (non-hydrogen) atoms. The van der Waals surface area contributed by atoms with E-state index in [4.69, 9.17) is 0 Å². The second kappa shape index (κ2) is 8.90. The zero-order chi connectivity index (χ0) is 20.9. The second-order valence-electron chi connectivity index (χ2n) is 7.52. The molecule has 0 atom stereocenters. The van der Waals surface area contributed by atoms with E-state index in [2.05, 4.69) is 10.4 Å². The van der Waals surface area contributed by atoms with Crippen molar-refractivity contribution in [2.45, 2.75) is 32.2 Å². The lowest BCUT2D eigenvalue weighted by Crippen LogP contribution is -2.36. The molecule has 154 valence electrons. The van der Waals surface area contributed by atoms with Gasteiger partial charge in [-0.3, -0.25) is 14.4 Å². The number of likely N-dealkylation sites (tertiary alicyclic amines) is 1. The summed E-state index contributed by atoms with van der Waals surface area (Å²) in [4.78, 5) is 39.4. The first-order valence-electron chi connectivity index (χ1n) is 10.2. The fourth-order valence-electron chi connectivity index (χ4n) is 3.68. The van der Waals surface area contributed by atoms with Gasteiger partial charge in [0.05, 0.1) is 6.54 Å². The number of nitrogens with one attached hydrogen (secondary N) is 1. The highest BCUT2D eigenvalue weighted by Gasteiger charge is 2.25. The van der Waals surface area contributed by atoms with Crippen molar-refractivity contribution in [1.82, 2.24) is 9.91 Å². The largest absolute Gasteiger partial charge is 0.339 e. The minimum atomic E-state index is -0.355. The minimum absolute atomic E-state index is 0.0155. The first-order valence-corrected chi connectivity index (χ1v) is 10.2. The summed E-state index contributed by atoms with van der Waals surface area (Å²) in [6.45, 7) is 1.88. The fourth-order valence-corrected chi connectivity index (χ4v) is 3.68. The van der Waals surface area contributed by atoms with Gasteiger partial charge in [0.15, 0.2) is 0 Å². The molecule has 0 radical (unpaired) electrons. The number of amides is 3. The number of rotatable bonds is 5. The third-order valence-electron chi connectivity index (χ3n) is 5.30. The van der Waals surface area contributed by atoms with Crippen molar-refractivity contribution in [3.8, 4) is 0 Å². The summed E-state index contributed by atoms with van der Waals surface area (Å²) < 4.78 is 0. The third kappa shape index (κ3) is 4.56. The Balaban J connectivity index is 1.45. The van der Waals surface area contributed by atoms with Gasteiger partial charge in [0, 0.05) is 37.2 Å². The molecule has 0 saturated carbocycles. The smallest absolute Gasteiger partial charge is 0.271 e. The number of nitrogens with zero attached hydrogens (tertiary/aromatic N) is 3. The summed E-state index contributed by atoms with van der Waals surface area (Å²) in [5, 5.41) is 8.45. The Kier molecular flexibility index (Phi) is 5.88. The molecule has 0 spiro atoms. The van der Waals surface area contributed by atoms with Gasteiger partial charge in [-0.15, -0.1) is 0 Å². The Morgan fingerprint density at radius 2 is 1.73 bits per heavy atom. The lowest BCUT2D eigenvalue weighted by Gasteiger charge is -2.23. The van der Waals surface area contributed by atoms with Crippen LogP contribution < -0.4 is 5.32 Å². The van der Waals surface area contributed by atoms with Crippen molar-refractivity contribution >= 4 is 29.1 Å². The van der Waals surface area contributed by atoms with E-state index >= 15 is 0 Å². The standard InChI is InChI=1S/C23H24N4O3/c28-21-12-11-20(25-27(21)16-17-7-2-1-3-8-17)22(29)24-19-10-6-9-18(15-19)23(30)26-13-4-5-14-26/h1-3,6-10,15H,4-5,11-14,16H2,(H,24,29). The van der Waals surface area contributed by atoms with Crippen LogP contribution in [0.5, 0.6) is 0 Å². The Bertz CT molecular complexity index is 981. The molecular weight excluding hydrogens is 380 g/mol. The zero-order valence-electron chi connectivity index (χ0n) is 16.7. The van der Waals surface area contributed by atoms with Gasteiger partial charge in [-0.25, -0.2) is 5.01 Å². The van der Waals surface area contributed by atoms with Gasteiger partial charge < -0.3 is 10.2 Å². The number of hydrogen-bond acceptors (Lipinski definition) is 4. The van der Waals surface area contributed by atoms with Crippen molar-refractivity contribution in [1.29, 1.82) is 0 Å². The number of hydrogen-bond donors (Lipinski definition) is 1. The summed E-state index contributed by atoms with van der Waals surface area (Å²) in [7, 11) is 0. The highest BCUT2D eigenvalue weighted by atomic mass is 16.2. The second-order valence-corrected chi connectivity index (χ2v) is 7.52. The topological polar surface area (TPSA) is 82.1 Å². The zero-order valence-corrected chi connectivity index (χ0v) is 16.7. The van der Waals surface area contributed by atoms with Crippen LogP contribution in [-0.2, 0) is 16.1 Å². The van der Waals surface area contributed by atoms with Crippen LogP contribution in [0, 0.1) is 0 Å². The summed E-state index contributed by atoms with van der Waals surface area (Å²) >= 11 is 0. The van der Waals surface area contributed by atoms with E-state index in [9.17, 15) is 14.4 Å². The number of carbonyl (C=O) groups excluding carboxylic acids is 3. The third-order valence-corrected chi connectivity index (χ3v) is 5.30. The van der Waals surface area contributed by atoms with Crippen molar-refractivity contribution < 1.29 is 14.4 Å². The maximum absolute atomic E-state index is 12.7. The van der Waals surface area contributed by atoms with Gasteiger partial charge in [-0.1, -0.05) is 36.4 Å². The molecule has 2 aliphatic heterocycles. The molecule has 0 bridgehead atoms. The van der Waals surface area contributed by atoms with E-state index in [0.29, 0.717) is 29.9 Å². The number of hydrazone groups is 1. The molecule has 2 aromatic rings. The number of benzene rings is 2. The monoisotopic (exact) mass is 404 g/mol. The van der Waals surface area contributed by atoms with Crippen LogP contribution in [0.1, 0.15) is 41.6 Å². The van der Waals surface area contributed by atoms with Crippen molar-refractivity contribution in [3.05, 3.63) is 65.7 Å². The SMILES string of the molecule is O=C(Nc1cccc(C(=O)N2CCCC2)c1)C1=NN(Cc2ccccc2)C(=O)CC1. The molecule has 7 heteroatoms. The number of carbonyl (C=O) groups is 3. The normalized spacial score (nSPS) is 16.4. The summed E-state index contributed by atoms with van der Waals surface area (Å²) in [6.07, 6.45) is 2.59. The van der Waals surface area contributed by atoms with Crippen molar-refractivity contribution in [2.24, 2.45) is 5.10 Å². The van der Waals surface area contributed by atoms with Gasteiger partial charge in [0.2, 0.25) is 5.91 Å². The highest BCUT2D eigenvalue weighted by Crippen LogP contribution is 2.18. The van der Waals surface area contributed by atoms with Crippen molar-refractivity contribution in [2.75, 3.05) is 18.4 Å². The van der Waals surface area contributed by atoms with E-state index in [1.807, 2.05) is 35.2 Å². The predicted molar refractivity (Wildman–Crippen MR) is 114 cm³/mol. The van der Waals surface area contributed by atoms with E-state index in [0.717, 1.165) is 31.5 Å². The van der Waals surface area contributed by atoms with Crippen LogP contribution in [0.4, 0.5) is 5.69 Å². The highest BCUT2D eigenvalue weighted by molar-refractivity contribution is 6.43. The molecule has 3 amide bonds. The number of anilines is 1. The van der Waals surface area contributed by atoms with Crippen LogP contribution >= 0.6 is 0 Å². The molecule has 1 N–H and O–H groups in total. The quantitative estimate of drug-likeness (QED) is 0.832. The van der Waals surface area contributed by atoms with E-state index in [1.54, 1.807) is 24.3 Å². The van der Waals surface area contributed by atoms with Gasteiger partial charge in [-0.05, 0) is 36.6 Å².